The van der Waals surface area contributed by atoms with Crippen molar-refractivity contribution in [1.29, 1.82) is 0 Å². The van der Waals surface area contributed by atoms with Gasteiger partial charge in [-0.05, 0) is 6.92 Å². The number of hydrogen-bond acceptors (Lipinski definition) is 2. The molecule has 11 heavy (non-hydrogen) atoms. The lowest BCUT2D eigenvalue weighted by molar-refractivity contribution is 1.15. The van der Waals surface area contributed by atoms with E-state index in [4.69, 9.17) is 11.6 Å². The van der Waals surface area contributed by atoms with Crippen LogP contribution in [-0.4, -0.2) is 4.98 Å². The summed E-state index contributed by atoms with van der Waals surface area (Å²) in [5, 5.41) is 0.559. The van der Waals surface area contributed by atoms with E-state index >= 15 is 0 Å². The first kappa shape index (κ1) is 8.56. The topological polar surface area (TPSA) is 32.9 Å². The Labute approximate surface area is 73.5 Å². The number of aromatic amines is 1. The number of rotatable bonds is 2. The molecule has 0 atom stereocenters. The Morgan fingerprint density at radius 1 is 1.82 bits per heavy atom. The third-order valence-electron chi connectivity index (χ3n) is 1.28. The molecule has 0 aliphatic carbocycles. The highest BCUT2D eigenvalue weighted by molar-refractivity contribution is 7.09. The van der Waals surface area contributed by atoms with Crippen molar-refractivity contribution < 1.29 is 0 Å². The molecule has 60 valence electrons. The first-order chi connectivity index (χ1) is 5.09. The number of H-pyrrole nitrogens is 1. The summed E-state index contributed by atoms with van der Waals surface area (Å²) in [5.74, 6) is 0. The average molecular weight is 190 g/mol. The van der Waals surface area contributed by atoms with Crippen LogP contribution < -0.4 is 4.87 Å². The fourth-order valence-electron chi connectivity index (χ4n) is 0.780. The first-order valence-electron chi connectivity index (χ1n) is 3.11. The van der Waals surface area contributed by atoms with Gasteiger partial charge in [0.15, 0.2) is 0 Å². The van der Waals surface area contributed by atoms with E-state index in [1.807, 2.05) is 6.92 Å². The Morgan fingerprint density at radius 2 is 2.45 bits per heavy atom. The summed E-state index contributed by atoms with van der Waals surface area (Å²) < 4.78 is 0. The maximum Gasteiger partial charge on any atom is 0.304 e. The van der Waals surface area contributed by atoms with Crippen LogP contribution in [0.4, 0.5) is 0 Å². The fraction of sp³-hybridized carbons (Fsp3) is 0.286. The van der Waals surface area contributed by atoms with Gasteiger partial charge in [0.2, 0.25) is 0 Å². The minimum atomic E-state index is -0.0320. The first-order valence-corrected chi connectivity index (χ1v) is 4.31. The van der Waals surface area contributed by atoms with Gasteiger partial charge in [-0.2, -0.15) is 0 Å². The normalized spacial score (nSPS) is 10.0. The highest BCUT2D eigenvalue weighted by atomic mass is 35.5. The maximum absolute atomic E-state index is 10.8. The summed E-state index contributed by atoms with van der Waals surface area (Å²) in [6, 6.07) is 0. The van der Waals surface area contributed by atoms with Crippen molar-refractivity contribution in [3.05, 3.63) is 31.8 Å². The molecule has 0 unspecified atom stereocenters. The molecular formula is C7H8ClNOS. The van der Waals surface area contributed by atoms with E-state index in [9.17, 15) is 4.79 Å². The molecular weight excluding hydrogens is 182 g/mol. The number of nitrogens with one attached hydrogen (secondary N) is 1. The summed E-state index contributed by atoms with van der Waals surface area (Å²) in [6.45, 7) is 5.41. The third-order valence-corrected chi connectivity index (χ3v) is 2.39. The van der Waals surface area contributed by atoms with Crippen LogP contribution >= 0.6 is 22.9 Å². The zero-order valence-corrected chi connectivity index (χ0v) is 7.68. The molecule has 0 spiro atoms. The van der Waals surface area contributed by atoms with E-state index in [-0.39, 0.29) is 4.87 Å². The summed E-state index contributed by atoms with van der Waals surface area (Å²) in [5.41, 5.74) is 0.891. The van der Waals surface area contributed by atoms with E-state index in [0.717, 1.165) is 10.6 Å². The Morgan fingerprint density at radius 3 is 2.82 bits per heavy atom. The van der Waals surface area contributed by atoms with Crippen LogP contribution in [0.1, 0.15) is 10.6 Å². The molecule has 0 aliphatic heterocycles. The standard InChI is InChI=1S/C7H8ClNOS/c1-4(8)3-6-5(2)9-7(10)11-6/h1,3H2,2H3,(H,9,10). The SMILES string of the molecule is C=C(Cl)Cc1sc(=O)[nH]c1C. The zero-order chi connectivity index (χ0) is 8.43. The summed E-state index contributed by atoms with van der Waals surface area (Å²) in [6.07, 6.45) is 0.580. The Balaban J connectivity index is 2.94. The summed E-state index contributed by atoms with van der Waals surface area (Å²) in [7, 11) is 0. The van der Waals surface area contributed by atoms with E-state index in [1.54, 1.807) is 0 Å². The quantitative estimate of drug-likeness (QED) is 0.759. The predicted octanol–water partition coefficient (Wildman–Crippen LogP) is 2.04. The van der Waals surface area contributed by atoms with Crippen molar-refractivity contribution >= 4 is 22.9 Å². The Bertz CT molecular complexity index is 325. The van der Waals surface area contributed by atoms with Crippen molar-refractivity contribution in [2.24, 2.45) is 0 Å². The fourth-order valence-corrected chi connectivity index (χ4v) is 1.87. The van der Waals surface area contributed by atoms with Crippen molar-refractivity contribution in [1.82, 2.24) is 4.98 Å². The molecule has 1 N–H and O–H groups in total. The van der Waals surface area contributed by atoms with Gasteiger partial charge in [0, 0.05) is 22.0 Å². The van der Waals surface area contributed by atoms with Gasteiger partial charge in [0.25, 0.3) is 0 Å². The molecule has 4 heteroatoms. The molecule has 1 aromatic rings. The van der Waals surface area contributed by atoms with Gasteiger partial charge >= 0.3 is 4.87 Å². The van der Waals surface area contributed by atoms with Gasteiger partial charge in [-0.15, -0.1) is 0 Å². The maximum atomic E-state index is 10.8. The van der Waals surface area contributed by atoms with E-state index in [1.165, 1.54) is 11.3 Å². The smallest absolute Gasteiger partial charge is 0.304 e. The van der Waals surface area contributed by atoms with Gasteiger partial charge in [-0.25, -0.2) is 0 Å². The highest BCUT2D eigenvalue weighted by Crippen LogP contribution is 2.14. The summed E-state index contributed by atoms with van der Waals surface area (Å²) in [4.78, 5) is 14.4. The Kier molecular flexibility index (Phi) is 2.52. The Hall–Kier alpha value is -0.540. The van der Waals surface area contributed by atoms with Crippen LogP contribution in [0.25, 0.3) is 0 Å². The summed E-state index contributed by atoms with van der Waals surface area (Å²) >= 11 is 6.78. The average Bonchev–Trinajstić information content (AvgIpc) is 2.09. The molecule has 0 saturated carbocycles. The third kappa shape index (κ3) is 2.20. The molecule has 1 aromatic heterocycles. The van der Waals surface area contributed by atoms with Crippen molar-refractivity contribution in [2.45, 2.75) is 13.3 Å². The number of thiazole rings is 1. The molecule has 0 amide bonds. The molecule has 0 aliphatic rings. The molecule has 0 fully saturated rings. The van der Waals surface area contributed by atoms with Gasteiger partial charge in [0.05, 0.1) is 0 Å². The monoisotopic (exact) mass is 189 g/mol. The van der Waals surface area contributed by atoms with Crippen LogP contribution in [0.5, 0.6) is 0 Å². The number of hydrogen-bond donors (Lipinski definition) is 1. The van der Waals surface area contributed by atoms with E-state index < -0.39 is 0 Å². The lowest BCUT2D eigenvalue weighted by Crippen LogP contribution is -1.91. The molecule has 0 radical (unpaired) electrons. The van der Waals surface area contributed by atoms with Crippen LogP contribution in [0, 0.1) is 6.92 Å². The second-order valence-corrected chi connectivity index (χ2v) is 3.86. The molecule has 0 saturated heterocycles. The number of aryl methyl sites for hydroxylation is 1. The number of halogens is 1. The number of allylic oxidation sites excluding steroid dienone is 1. The van der Waals surface area contributed by atoms with E-state index in [2.05, 4.69) is 11.6 Å². The predicted molar refractivity (Wildman–Crippen MR) is 48.4 cm³/mol. The van der Waals surface area contributed by atoms with Crippen molar-refractivity contribution in [3.8, 4) is 0 Å². The van der Waals surface area contributed by atoms with Crippen LogP contribution in [0.15, 0.2) is 16.4 Å². The molecule has 1 heterocycles. The highest BCUT2D eigenvalue weighted by Gasteiger charge is 2.03. The largest absolute Gasteiger partial charge is 0.317 e. The molecule has 1 rings (SSSR count). The van der Waals surface area contributed by atoms with E-state index in [0.29, 0.717) is 11.5 Å². The minimum absolute atomic E-state index is 0.0320. The van der Waals surface area contributed by atoms with Crippen LogP contribution in [0.3, 0.4) is 0 Å². The zero-order valence-electron chi connectivity index (χ0n) is 6.11. The minimum Gasteiger partial charge on any atom is -0.317 e. The molecule has 0 aromatic carbocycles. The van der Waals surface area contributed by atoms with Gasteiger partial charge in [-0.1, -0.05) is 29.5 Å². The van der Waals surface area contributed by atoms with Crippen molar-refractivity contribution in [3.63, 3.8) is 0 Å². The molecule has 0 bridgehead atoms. The second-order valence-electron chi connectivity index (χ2n) is 2.26. The van der Waals surface area contributed by atoms with Crippen LogP contribution in [-0.2, 0) is 6.42 Å². The lowest BCUT2D eigenvalue weighted by atomic mass is 10.3. The van der Waals surface area contributed by atoms with Crippen molar-refractivity contribution in [2.75, 3.05) is 0 Å². The second kappa shape index (κ2) is 3.24. The lowest BCUT2D eigenvalue weighted by Gasteiger charge is -1.93. The van der Waals surface area contributed by atoms with Gasteiger partial charge < -0.3 is 4.98 Å². The molecule has 2 nitrogen and oxygen atoms in total. The van der Waals surface area contributed by atoms with Gasteiger partial charge in [-0.3, -0.25) is 4.79 Å². The van der Waals surface area contributed by atoms with Gasteiger partial charge in [0.1, 0.15) is 0 Å². The number of aromatic nitrogens is 1. The van der Waals surface area contributed by atoms with Crippen LogP contribution in [0.2, 0.25) is 0 Å².